The van der Waals surface area contributed by atoms with Crippen LogP contribution in [0.1, 0.15) is 32.8 Å². The molecule has 0 atom stereocenters. The summed E-state index contributed by atoms with van der Waals surface area (Å²) in [5.41, 5.74) is 1.25. The first kappa shape index (κ1) is 14.6. The summed E-state index contributed by atoms with van der Waals surface area (Å²) in [6.45, 7) is 6.88. The van der Waals surface area contributed by atoms with Crippen LogP contribution in [0.2, 0.25) is 0 Å². The average molecular weight is 249 g/mol. The van der Waals surface area contributed by atoms with Gasteiger partial charge >= 0.3 is 0 Å². The Hall–Kier alpha value is -1.51. The summed E-state index contributed by atoms with van der Waals surface area (Å²) >= 11 is 0. The van der Waals surface area contributed by atoms with Crippen molar-refractivity contribution in [3.63, 3.8) is 0 Å². The lowest BCUT2D eigenvalue weighted by Gasteiger charge is -2.17. The number of amides is 1. The second-order valence-corrected chi connectivity index (χ2v) is 5.69. The molecule has 0 saturated heterocycles. The maximum Gasteiger partial charge on any atom is 0.220 e. The first-order chi connectivity index (χ1) is 8.40. The molecule has 0 radical (unpaired) electrons. The largest absolute Gasteiger partial charge is 0.497 e. The van der Waals surface area contributed by atoms with Gasteiger partial charge in [0.25, 0.3) is 0 Å². The molecule has 0 heterocycles. The summed E-state index contributed by atoms with van der Waals surface area (Å²) in [5, 5.41) is 2.95. The van der Waals surface area contributed by atoms with E-state index < -0.39 is 0 Å². The summed E-state index contributed by atoms with van der Waals surface area (Å²) in [6, 6.07) is 7.92. The van der Waals surface area contributed by atoms with Gasteiger partial charge < -0.3 is 10.1 Å². The zero-order chi connectivity index (χ0) is 13.6. The van der Waals surface area contributed by atoms with E-state index in [1.165, 1.54) is 5.56 Å². The highest BCUT2D eigenvalue weighted by Gasteiger charge is 2.15. The molecule has 100 valence electrons. The van der Waals surface area contributed by atoms with Crippen LogP contribution >= 0.6 is 0 Å². The third-order valence-corrected chi connectivity index (χ3v) is 2.59. The zero-order valence-electron chi connectivity index (χ0n) is 11.7. The number of carbonyl (C=O) groups is 1. The molecule has 0 aliphatic rings. The number of ether oxygens (including phenoxy) is 1. The number of methoxy groups -OCH3 is 1. The molecule has 0 saturated carbocycles. The maximum absolute atomic E-state index is 11.6. The number of carbonyl (C=O) groups excluding carboxylic acids is 1. The van der Waals surface area contributed by atoms with E-state index in [9.17, 15) is 4.79 Å². The van der Waals surface area contributed by atoms with Crippen LogP contribution in [-0.2, 0) is 11.2 Å². The molecule has 1 aromatic carbocycles. The van der Waals surface area contributed by atoms with Crippen molar-refractivity contribution in [2.75, 3.05) is 13.7 Å². The van der Waals surface area contributed by atoms with Gasteiger partial charge in [0.15, 0.2) is 0 Å². The molecule has 18 heavy (non-hydrogen) atoms. The van der Waals surface area contributed by atoms with Gasteiger partial charge in [-0.3, -0.25) is 4.79 Å². The van der Waals surface area contributed by atoms with Crippen molar-refractivity contribution >= 4 is 5.91 Å². The Balaban J connectivity index is 2.30. The quantitative estimate of drug-likeness (QED) is 0.871. The van der Waals surface area contributed by atoms with E-state index in [2.05, 4.69) is 26.1 Å². The maximum atomic E-state index is 11.6. The minimum Gasteiger partial charge on any atom is -0.497 e. The topological polar surface area (TPSA) is 38.3 Å². The third-order valence-electron chi connectivity index (χ3n) is 2.59. The molecule has 1 N–H and O–H groups in total. The Kier molecular flexibility index (Phi) is 5.20. The van der Waals surface area contributed by atoms with Gasteiger partial charge in [-0.2, -0.15) is 0 Å². The Bertz CT molecular complexity index is 376. The fraction of sp³-hybridized carbons (Fsp3) is 0.533. The number of hydrogen-bond donors (Lipinski definition) is 1. The Morgan fingerprint density at radius 1 is 1.22 bits per heavy atom. The predicted octanol–water partition coefficient (Wildman–Crippen LogP) is 2.79. The highest BCUT2D eigenvalue weighted by molar-refractivity contribution is 5.76. The van der Waals surface area contributed by atoms with Crippen molar-refractivity contribution in [2.45, 2.75) is 33.6 Å². The molecule has 3 heteroatoms. The Morgan fingerprint density at radius 3 is 2.33 bits per heavy atom. The highest BCUT2D eigenvalue weighted by atomic mass is 16.5. The van der Waals surface area contributed by atoms with Crippen molar-refractivity contribution in [2.24, 2.45) is 5.41 Å². The molecule has 1 amide bonds. The van der Waals surface area contributed by atoms with Crippen LogP contribution in [0, 0.1) is 5.41 Å². The molecule has 0 aliphatic heterocycles. The minimum absolute atomic E-state index is 0.0458. The second-order valence-electron chi connectivity index (χ2n) is 5.69. The molecule has 0 spiro atoms. The zero-order valence-corrected chi connectivity index (χ0v) is 11.7. The van der Waals surface area contributed by atoms with Gasteiger partial charge in [0, 0.05) is 13.0 Å². The Morgan fingerprint density at radius 2 is 1.83 bits per heavy atom. The van der Waals surface area contributed by atoms with Crippen LogP contribution in [0.5, 0.6) is 5.75 Å². The van der Waals surface area contributed by atoms with E-state index in [1.807, 2.05) is 24.3 Å². The molecule has 0 bridgehead atoms. The van der Waals surface area contributed by atoms with Crippen molar-refractivity contribution in [3.8, 4) is 5.75 Å². The number of nitrogens with one attached hydrogen (secondary N) is 1. The summed E-state index contributed by atoms with van der Waals surface area (Å²) in [5.74, 6) is 0.978. The first-order valence-corrected chi connectivity index (χ1v) is 6.30. The van der Waals surface area contributed by atoms with E-state index in [0.717, 1.165) is 12.2 Å². The lowest BCUT2D eigenvalue weighted by Crippen LogP contribution is -2.29. The summed E-state index contributed by atoms with van der Waals surface area (Å²) in [7, 11) is 1.65. The fourth-order valence-corrected chi connectivity index (χ4v) is 1.68. The number of rotatable bonds is 5. The van der Waals surface area contributed by atoms with E-state index in [4.69, 9.17) is 4.74 Å². The Labute approximate surface area is 110 Å². The van der Waals surface area contributed by atoms with Gasteiger partial charge in [0.05, 0.1) is 7.11 Å². The van der Waals surface area contributed by atoms with Crippen LogP contribution < -0.4 is 10.1 Å². The SMILES string of the molecule is COc1ccc(CCNC(=O)CC(C)(C)C)cc1. The molecule has 1 rings (SSSR count). The smallest absolute Gasteiger partial charge is 0.220 e. The van der Waals surface area contributed by atoms with Crippen molar-refractivity contribution in [1.82, 2.24) is 5.32 Å². The predicted molar refractivity (Wildman–Crippen MR) is 73.8 cm³/mol. The number of benzene rings is 1. The van der Waals surface area contributed by atoms with E-state index in [-0.39, 0.29) is 11.3 Å². The lowest BCUT2D eigenvalue weighted by atomic mass is 9.92. The highest BCUT2D eigenvalue weighted by Crippen LogP contribution is 2.17. The van der Waals surface area contributed by atoms with Gasteiger partial charge in [0.1, 0.15) is 5.75 Å². The van der Waals surface area contributed by atoms with Gasteiger partial charge in [-0.1, -0.05) is 32.9 Å². The van der Waals surface area contributed by atoms with Crippen LogP contribution in [0.15, 0.2) is 24.3 Å². The van der Waals surface area contributed by atoms with Gasteiger partial charge in [-0.05, 0) is 29.5 Å². The van der Waals surface area contributed by atoms with E-state index in [0.29, 0.717) is 13.0 Å². The third kappa shape index (κ3) is 5.71. The normalized spacial score (nSPS) is 11.1. The van der Waals surface area contributed by atoms with Crippen LogP contribution in [0.4, 0.5) is 0 Å². The molecular formula is C15H23NO2. The molecule has 3 nitrogen and oxygen atoms in total. The second kappa shape index (κ2) is 6.43. The molecule has 0 unspecified atom stereocenters. The van der Waals surface area contributed by atoms with E-state index >= 15 is 0 Å². The van der Waals surface area contributed by atoms with Gasteiger partial charge in [-0.15, -0.1) is 0 Å². The molecule has 1 aromatic rings. The van der Waals surface area contributed by atoms with Crippen LogP contribution in [0.3, 0.4) is 0 Å². The average Bonchev–Trinajstić information content (AvgIpc) is 2.27. The number of hydrogen-bond acceptors (Lipinski definition) is 2. The molecule has 0 aromatic heterocycles. The molecule has 0 aliphatic carbocycles. The van der Waals surface area contributed by atoms with Crippen LogP contribution in [-0.4, -0.2) is 19.6 Å². The summed E-state index contributed by atoms with van der Waals surface area (Å²) < 4.78 is 5.10. The first-order valence-electron chi connectivity index (χ1n) is 6.30. The minimum atomic E-state index is 0.0458. The molecule has 0 fully saturated rings. The molecular weight excluding hydrogens is 226 g/mol. The van der Waals surface area contributed by atoms with Gasteiger partial charge in [-0.25, -0.2) is 0 Å². The van der Waals surface area contributed by atoms with E-state index in [1.54, 1.807) is 7.11 Å². The van der Waals surface area contributed by atoms with Gasteiger partial charge in [0.2, 0.25) is 5.91 Å². The van der Waals surface area contributed by atoms with Crippen molar-refractivity contribution < 1.29 is 9.53 Å². The lowest BCUT2D eigenvalue weighted by molar-refractivity contribution is -0.122. The summed E-state index contributed by atoms with van der Waals surface area (Å²) in [4.78, 5) is 11.6. The van der Waals surface area contributed by atoms with Crippen molar-refractivity contribution in [1.29, 1.82) is 0 Å². The van der Waals surface area contributed by atoms with Crippen molar-refractivity contribution in [3.05, 3.63) is 29.8 Å². The summed E-state index contributed by atoms with van der Waals surface area (Å²) in [6.07, 6.45) is 1.41. The standard InChI is InChI=1S/C15H23NO2/c1-15(2,3)11-14(17)16-10-9-12-5-7-13(18-4)8-6-12/h5-8H,9-11H2,1-4H3,(H,16,17). The monoisotopic (exact) mass is 249 g/mol. The fourth-order valence-electron chi connectivity index (χ4n) is 1.68. The van der Waals surface area contributed by atoms with Crippen LogP contribution in [0.25, 0.3) is 0 Å².